The molecule has 0 aliphatic rings. The summed E-state index contributed by atoms with van der Waals surface area (Å²) in [4.78, 5) is 12.8. The third-order valence-electron chi connectivity index (χ3n) is 4.37. The van der Waals surface area contributed by atoms with Crippen LogP contribution in [0.25, 0.3) is 10.9 Å². The quantitative estimate of drug-likeness (QED) is 0.432. The van der Waals surface area contributed by atoms with Gasteiger partial charge in [-0.15, -0.1) is 0 Å². The van der Waals surface area contributed by atoms with Crippen LogP contribution in [0.5, 0.6) is 5.75 Å². The minimum Gasteiger partial charge on any atom is -0.489 e. The Balaban J connectivity index is 2.06. The van der Waals surface area contributed by atoms with Crippen molar-refractivity contribution < 1.29 is 14.3 Å². The molecule has 0 bridgehead atoms. The number of rotatable bonds is 9. The van der Waals surface area contributed by atoms with Gasteiger partial charge in [0.2, 0.25) is 0 Å². The molecule has 1 heterocycles. The normalized spacial score (nSPS) is 10.8. The summed E-state index contributed by atoms with van der Waals surface area (Å²) in [6.07, 6.45) is 1.69. The van der Waals surface area contributed by atoms with E-state index in [4.69, 9.17) is 21.1 Å². The smallest absolute Gasteiger partial charge is 0.268 e. The number of carbonyl (C=O) groups is 1. The van der Waals surface area contributed by atoms with Gasteiger partial charge in [-0.3, -0.25) is 4.79 Å². The number of fused-ring (bicyclic) bond motifs is 1. The largest absolute Gasteiger partial charge is 0.489 e. The molecule has 6 heteroatoms. The fourth-order valence-electron chi connectivity index (χ4n) is 3.04. The van der Waals surface area contributed by atoms with Gasteiger partial charge in [-0.2, -0.15) is 0 Å². The fourth-order valence-corrected chi connectivity index (χ4v) is 3.24. The standard InChI is InChI=1S/C22H23ClN2O3/c1-3-12-28-21-10-6-9-19-17(21)14-20(22(26)24-11-13-27-2)25(19)15-16-7-4-5-8-18(16)23/h3-10,14H,1,11-13,15H2,2H3,(H,24,26). The van der Waals surface area contributed by atoms with Gasteiger partial charge >= 0.3 is 0 Å². The molecule has 2 aromatic carbocycles. The lowest BCUT2D eigenvalue weighted by Gasteiger charge is -2.13. The summed E-state index contributed by atoms with van der Waals surface area (Å²) in [7, 11) is 1.60. The van der Waals surface area contributed by atoms with E-state index in [1.807, 2.05) is 53.1 Å². The SMILES string of the molecule is C=CCOc1cccc2c1cc(C(=O)NCCOC)n2Cc1ccccc1Cl. The van der Waals surface area contributed by atoms with E-state index < -0.39 is 0 Å². The molecule has 0 fully saturated rings. The van der Waals surface area contributed by atoms with Crippen molar-refractivity contribution in [2.24, 2.45) is 0 Å². The number of carbonyl (C=O) groups excluding carboxylic acids is 1. The number of amides is 1. The van der Waals surface area contributed by atoms with Crippen LogP contribution in [-0.2, 0) is 11.3 Å². The zero-order valence-corrected chi connectivity index (χ0v) is 16.5. The first kappa shape index (κ1) is 20.0. The van der Waals surface area contributed by atoms with Crippen molar-refractivity contribution >= 4 is 28.4 Å². The minimum absolute atomic E-state index is 0.171. The summed E-state index contributed by atoms with van der Waals surface area (Å²) in [6.45, 7) is 5.44. The number of nitrogens with zero attached hydrogens (tertiary/aromatic N) is 1. The highest BCUT2D eigenvalue weighted by Crippen LogP contribution is 2.30. The molecule has 0 spiro atoms. The second kappa shape index (κ2) is 9.44. The van der Waals surface area contributed by atoms with Crippen LogP contribution in [0.3, 0.4) is 0 Å². The predicted octanol–water partition coefficient (Wildman–Crippen LogP) is 4.28. The first-order valence-corrected chi connectivity index (χ1v) is 9.40. The van der Waals surface area contributed by atoms with Gasteiger partial charge < -0.3 is 19.4 Å². The minimum atomic E-state index is -0.171. The lowest BCUT2D eigenvalue weighted by Crippen LogP contribution is -2.29. The molecule has 3 rings (SSSR count). The van der Waals surface area contributed by atoms with Gasteiger partial charge in [-0.25, -0.2) is 0 Å². The van der Waals surface area contributed by atoms with E-state index in [2.05, 4.69) is 11.9 Å². The highest BCUT2D eigenvalue weighted by molar-refractivity contribution is 6.31. The Bertz CT molecular complexity index is 981. The molecule has 5 nitrogen and oxygen atoms in total. The Morgan fingerprint density at radius 2 is 2.07 bits per heavy atom. The molecular formula is C22H23ClN2O3. The zero-order valence-electron chi connectivity index (χ0n) is 15.8. The van der Waals surface area contributed by atoms with Gasteiger partial charge in [-0.1, -0.05) is 48.5 Å². The van der Waals surface area contributed by atoms with Crippen molar-refractivity contribution in [3.63, 3.8) is 0 Å². The maximum absolute atomic E-state index is 12.8. The van der Waals surface area contributed by atoms with E-state index in [1.165, 1.54) is 0 Å². The second-order valence-corrected chi connectivity index (χ2v) is 6.65. The molecule has 1 N–H and O–H groups in total. The van der Waals surface area contributed by atoms with Crippen LogP contribution in [-0.4, -0.2) is 37.3 Å². The molecule has 0 saturated heterocycles. The number of aromatic nitrogens is 1. The molecule has 0 aliphatic carbocycles. The molecule has 0 saturated carbocycles. The maximum atomic E-state index is 12.8. The number of ether oxygens (including phenoxy) is 2. The van der Waals surface area contributed by atoms with Gasteiger partial charge in [-0.05, 0) is 29.8 Å². The number of halogens is 1. The Labute approximate surface area is 169 Å². The number of hydrogen-bond acceptors (Lipinski definition) is 3. The lowest BCUT2D eigenvalue weighted by atomic mass is 10.2. The van der Waals surface area contributed by atoms with E-state index in [1.54, 1.807) is 13.2 Å². The molecule has 3 aromatic rings. The van der Waals surface area contributed by atoms with Crippen LogP contribution in [0, 0.1) is 0 Å². The van der Waals surface area contributed by atoms with Crippen LogP contribution in [0.1, 0.15) is 16.1 Å². The molecule has 1 aromatic heterocycles. The van der Waals surface area contributed by atoms with Crippen molar-refractivity contribution in [2.45, 2.75) is 6.54 Å². The number of benzene rings is 2. The summed E-state index contributed by atoms with van der Waals surface area (Å²) >= 11 is 6.36. The number of hydrogen-bond donors (Lipinski definition) is 1. The van der Waals surface area contributed by atoms with Gasteiger partial charge in [0.15, 0.2) is 0 Å². The van der Waals surface area contributed by atoms with Crippen molar-refractivity contribution in [3.8, 4) is 5.75 Å². The van der Waals surface area contributed by atoms with E-state index in [0.717, 1.165) is 16.5 Å². The third kappa shape index (κ3) is 4.38. The van der Waals surface area contributed by atoms with Gasteiger partial charge in [0.25, 0.3) is 5.91 Å². The maximum Gasteiger partial charge on any atom is 0.268 e. The molecular weight excluding hydrogens is 376 g/mol. The second-order valence-electron chi connectivity index (χ2n) is 6.24. The van der Waals surface area contributed by atoms with Crippen LogP contribution in [0.4, 0.5) is 0 Å². The Hall–Kier alpha value is -2.76. The fraction of sp³-hybridized carbons (Fsp3) is 0.227. The number of nitrogens with one attached hydrogen (secondary N) is 1. The molecule has 146 valence electrons. The van der Waals surface area contributed by atoms with E-state index >= 15 is 0 Å². The van der Waals surface area contributed by atoms with E-state index in [-0.39, 0.29) is 5.91 Å². The van der Waals surface area contributed by atoms with Gasteiger partial charge in [0, 0.05) is 30.6 Å². The average Bonchev–Trinajstić information content (AvgIpc) is 3.07. The summed E-state index contributed by atoms with van der Waals surface area (Å²) < 4.78 is 12.8. The molecule has 0 radical (unpaired) electrons. The zero-order chi connectivity index (χ0) is 19.9. The summed E-state index contributed by atoms with van der Waals surface area (Å²) in [5.74, 6) is 0.538. The Morgan fingerprint density at radius 3 is 2.82 bits per heavy atom. The summed E-state index contributed by atoms with van der Waals surface area (Å²) in [5, 5.41) is 4.42. The van der Waals surface area contributed by atoms with Crippen molar-refractivity contribution in [2.75, 3.05) is 26.9 Å². The van der Waals surface area contributed by atoms with E-state index in [9.17, 15) is 4.79 Å². The molecule has 0 unspecified atom stereocenters. The third-order valence-corrected chi connectivity index (χ3v) is 4.74. The number of methoxy groups -OCH3 is 1. The predicted molar refractivity (Wildman–Crippen MR) is 112 cm³/mol. The van der Waals surface area contributed by atoms with Crippen molar-refractivity contribution in [1.82, 2.24) is 9.88 Å². The first-order chi connectivity index (χ1) is 13.7. The molecule has 1 amide bonds. The lowest BCUT2D eigenvalue weighted by molar-refractivity contribution is 0.0928. The van der Waals surface area contributed by atoms with Crippen LogP contribution < -0.4 is 10.1 Å². The van der Waals surface area contributed by atoms with E-state index in [0.29, 0.717) is 42.8 Å². The molecule has 28 heavy (non-hydrogen) atoms. The Morgan fingerprint density at radius 1 is 1.25 bits per heavy atom. The highest BCUT2D eigenvalue weighted by Gasteiger charge is 2.18. The van der Waals surface area contributed by atoms with Crippen molar-refractivity contribution in [3.05, 3.63) is 77.5 Å². The average molecular weight is 399 g/mol. The summed E-state index contributed by atoms with van der Waals surface area (Å²) in [6, 6.07) is 15.3. The van der Waals surface area contributed by atoms with Crippen LogP contribution in [0.15, 0.2) is 61.2 Å². The monoisotopic (exact) mass is 398 g/mol. The van der Waals surface area contributed by atoms with Crippen molar-refractivity contribution in [1.29, 1.82) is 0 Å². The van der Waals surface area contributed by atoms with Crippen LogP contribution in [0.2, 0.25) is 5.02 Å². The van der Waals surface area contributed by atoms with Gasteiger partial charge in [0.05, 0.1) is 12.1 Å². The Kier molecular flexibility index (Phi) is 6.74. The van der Waals surface area contributed by atoms with Crippen LogP contribution >= 0.6 is 11.6 Å². The molecule has 0 aliphatic heterocycles. The first-order valence-electron chi connectivity index (χ1n) is 9.02. The summed E-state index contributed by atoms with van der Waals surface area (Å²) in [5.41, 5.74) is 2.38. The molecule has 0 atom stereocenters. The highest BCUT2D eigenvalue weighted by atomic mass is 35.5. The van der Waals surface area contributed by atoms with Gasteiger partial charge in [0.1, 0.15) is 18.1 Å². The topological polar surface area (TPSA) is 52.5 Å².